The van der Waals surface area contributed by atoms with Gasteiger partial charge in [-0.25, -0.2) is 0 Å². The second-order valence-corrected chi connectivity index (χ2v) is 5.29. The molecule has 0 aliphatic carbocycles. The normalized spacial score (nSPS) is 10.3. The minimum Gasteiger partial charge on any atom is -0.493 e. The molecular weight excluding hydrogens is 308 g/mol. The third-order valence-corrected chi connectivity index (χ3v) is 3.26. The molecule has 19 heavy (non-hydrogen) atoms. The summed E-state index contributed by atoms with van der Waals surface area (Å²) in [5, 5.41) is 2.60. The van der Waals surface area contributed by atoms with E-state index < -0.39 is 0 Å². The Kier molecular flexibility index (Phi) is 6.87. The van der Waals surface area contributed by atoms with Crippen molar-refractivity contribution in [2.24, 2.45) is 5.73 Å². The molecule has 0 fully saturated rings. The number of nitrogens with one attached hydrogen (secondary N) is 1. The van der Waals surface area contributed by atoms with Gasteiger partial charge in [-0.1, -0.05) is 15.9 Å². The number of aryl methyl sites for hydroxylation is 1. The van der Waals surface area contributed by atoms with Crippen LogP contribution in [0.25, 0.3) is 0 Å². The number of carbonyl (C=O) groups excluding carboxylic acids is 1. The third kappa shape index (κ3) is 5.20. The quantitative estimate of drug-likeness (QED) is 0.754. The van der Waals surface area contributed by atoms with Crippen LogP contribution < -0.4 is 15.8 Å². The fraction of sp³-hybridized carbons (Fsp3) is 0.500. The first-order chi connectivity index (χ1) is 9.08. The highest BCUT2D eigenvalue weighted by Gasteiger charge is 2.09. The zero-order chi connectivity index (χ0) is 14.3. The third-order valence-electron chi connectivity index (χ3n) is 2.80. The maximum atomic E-state index is 11.1. The molecule has 0 saturated carbocycles. The average Bonchev–Trinajstić information content (AvgIpc) is 2.36. The number of nitrogens with two attached hydrogens (primary N) is 1. The lowest BCUT2D eigenvalue weighted by atomic mass is 10.1. The number of benzene rings is 1. The molecule has 1 aromatic carbocycles. The van der Waals surface area contributed by atoms with E-state index in [9.17, 15) is 4.79 Å². The first-order valence-electron chi connectivity index (χ1n) is 6.41. The Morgan fingerprint density at radius 3 is 2.84 bits per heavy atom. The highest BCUT2D eigenvalue weighted by molar-refractivity contribution is 9.10. The molecule has 0 radical (unpaired) electrons. The van der Waals surface area contributed by atoms with Crippen molar-refractivity contribution >= 4 is 21.8 Å². The summed E-state index contributed by atoms with van der Waals surface area (Å²) in [5.41, 5.74) is 7.81. The molecule has 3 N–H and O–H groups in total. The van der Waals surface area contributed by atoms with Crippen LogP contribution in [0.15, 0.2) is 16.6 Å². The monoisotopic (exact) mass is 328 g/mol. The van der Waals surface area contributed by atoms with Gasteiger partial charge in [-0.2, -0.15) is 0 Å². The average molecular weight is 329 g/mol. The summed E-state index contributed by atoms with van der Waals surface area (Å²) in [4.78, 5) is 11.1. The molecule has 0 unspecified atom stereocenters. The van der Waals surface area contributed by atoms with E-state index in [1.807, 2.05) is 19.1 Å². The van der Waals surface area contributed by atoms with Crippen LogP contribution in [0, 0.1) is 6.92 Å². The summed E-state index contributed by atoms with van der Waals surface area (Å²) in [7, 11) is 1.64. The maximum absolute atomic E-state index is 11.1. The zero-order valence-electron chi connectivity index (χ0n) is 11.5. The van der Waals surface area contributed by atoms with E-state index in [1.165, 1.54) is 0 Å². The van der Waals surface area contributed by atoms with Crippen molar-refractivity contribution in [3.05, 3.63) is 27.7 Å². The molecule has 0 aliphatic heterocycles. The highest BCUT2D eigenvalue weighted by atomic mass is 79.9. The van der Waals surface area contributed by atoms with Crippen molar-refractivity contribution in [2.75, 3.05) is 20.2 Å². The van der Waals surface area contributed by atoms with Crippen LogP contribution in [0.5, 0.6) is 5.75 Å². The van der Waals surface area contributed by atoms with Gasteiger partial charge in [0.05, 0.1) is 6.61 Å². The maximum Gasteiger partial charge on any atom is 0.219 e. The van der Waals surface area contributed by atoms with E-state index in [-0.39, 0.29) is 5.91 Å². The van der Waals surface area contributed by atoms with E-state index in [1.54, 1.807) is 7.05 Å². The Morgan fingerprint density at radius 2 is 2.21 bits per heavy atom. The molecule has 1 amide bonds. The van der Waals surface area contributed by atoms with Crippen LogP contribution in [-0.4, -0.2) is 26.1 Å². The zero-order valence-corrected chi connectivity index (χ0v) is 13.0. The molecule has 0 saturated heterocycles. The predicted octanol–water partition coefficient (Wildman–Crippen LogP) is 2.16. The summed E-state index contributed by atoms with van der Waals surface area (Å²) in [6.07, 6.45) is 1.97. The number of rotatable bonds is 7. The van der Waals surface area contributed by atoms with E-state index in [0.29, 0.717) is 26.0 Å². The van der Waals surface area contributed by atoms with Gasteiger partial charge in [0.15, 0.2) is 0 Å². The minimum absolute atomic E-state index is 0.0401. The van der Waals surface area contributed by atoms with Crippen molar-refractivity contribution < 1.29 is 9.53 Å². The van der Waals surface area contributed by atoms with Gasteiger partial charge in [0.25, 0.3) is 0 Å². The number of carbonyl (C=O) groups is 1. The van der Waals surface area contributed by atoms with Gasteiger partial charge in [0.1, 0.15) is 5.75 Å². The largest absolute Gasteiger partial charge is 0.493 e. The summed E-state index contributed by atoms with van der Waals surface area (Å²) in [6.45, 7) is 3.14. The number of hydrogen-bond acceptors (Lipinski definition) is 3. The molecule has 0 spiro atoms. The van der Waals surface area contributed by atoms with Gasteiger partial charge in [0.2, 0.25) is 5.91 Å². The standard InChI is InChI=1S/C14H21BrN2O2/c1-10-8-12(15)9-11(5-6-16)14(10)19-7-3-4-13(18)17-2/h8-9H,3-7,16H2,1-2H3,(H,17,18). The van der Waals surface area contributed by atoms with E-state index in [0.717, 1.165) is 27.8 Å². The number of hydrogen-bond donors (Lipinski definition) is 2. The molecule has 5 heteroatoms. The van der Waals surface area contributed by atoms with E-state index in [4.69, 9.17) is 10.5 Å². The molecule has 0 aliphatic rings. The second kappa shape index (κ2) is 8.17. The van der Waals surface area contributed by atoms with Crippen molar-refractivity contribution in [1.29, 1.82) is 0 Å². The van der Waals surface area contributed by atoms with Crippen LogP contribution in [0.2, 0.25) is 0 Å². The van der Waals surface area contributed by atoms with Crippen LogP contribution >= 0.6 is 15.9 Å². The van der Waals surface area contributed by atoms with Gasteiger partial charge in [0, 0.05) is 17.9 Å². The SMILES string of the molecule is CNC(=O)CCCOc1c(C)cc(Br)cc1CCN. The van der Waals surface area contributed by atoms with Crippen LogP contribution in [0.3, 0.4) is 0 Å². The fourth-order valence-corrected chi connectivity index (χ4v) is 2.50. The lowest BCUT2D eigenvalue weighted by molar-refractivity contribution is -0.120. The van der Waals surface area contributed by atoms with Gasteiger partial charge < -0.3 is 15.8 Å². The van der Waals surface area contributed by atoms with Crippen LogP contribution in [-0.2, 0) is 11.2 Å². The minimum atomic E-state index is 0.0401. The van der Waals surface area contributed by atoms with Gasteiger partial charge >= 0.3 is 0 Å². The van der Waals surface area contributed by atoms with E-state index >= 15 is 0 Å². The Labute approximate surface area is 122 Å². The topological polar surface area (TPSA) is 64.3 Å². The first kappa shape index (κ1) is 16.0. The number of ether oxygens (including phenoxy) is 1. The van der Waals surface area contributed by atoms with Crippen molar-refractivity contribution in [3.63, 3.8) is 0 Å². The second-order valence-electron chi connectivity index (χ2n) is 4.37. The summed E-state index contributed by atoms with van der Waals surface area (Å²) in [6, 6.07) is 4.06. The lowest BCUT2D eigenvalue weighted by Gasteiger charge is -2.14. The molecule has 0 aromatic heterocycles. The molecule has 1 aromatic rings. The van der Waals surface area contributed by atoms with Gasteiger partial charge in [-0.05, 0) is 49.6 Å². The van der Waals surface area contributed by atoms with Crippen molar-refractivity contribution in [1.82, 2.24) is 5.32 Å². The Balaban J connectivity index is 2.63. The van der Waals surface area contributed by atoms with Crippen molar-refractivity contribution in [2.45, 2.75) is 26.2 Å². The van der Waals surface area contributed by atoms with Crippen LogP contribution in [0.1, 0.15) is 24.0 Å². The first-order valence-corrected chi connectivity index (χ1v) is 7.20. The summed E-state index contributed by atoms with van der Waals surface area (Å²) < 4.78 is 6.85. The molecule has 1 rings (SSSR count). The Bertz CT molecular complexity index is 436. The van der Waals surface area contributed by atoms with Gasteiger partial charge in [-0.15, -0.1) is 0 Å². The smallest absolute Gasteiger partial charge is 0.219 e. The highest BCUT2D eigenvalue weighted by Crippen LogP contribution is 2.28. The summed E-state index contributed by atoms with van der Waals surface area (Å²) >= 11 is 3.48. The Morgan fingerprint density at radius 1 is 1.47 bits per heavy atom. The molecule has 0 bridgehead atoms. The number of amides is 1. The number of halogens is 1. The molecule has 0 atom stereocenters. The molecular formula is C14H21BrN2O2. The van der Waals surface area contributed by atoms with Crippen LogP contribution in [0.4, 0.5) is 0 Å². The summed E-state index contributed by atoms with van der Waals surface area (Å²) in [5.74, 6) is 0.934. The van der Waals surface area contributed by atoms with Crippen molar-refractivity contribution in [3.8, 4) is 5.75 Å². The fourth-order valence-electron chi connectivity index (χ4n) is 1.88. The van der Waals surface area contributed by atoms with E-state index in [2.05, 4.69) is 21.2 Å². The predicted molar refractivity (Wildman–Crippen MR) is 80.4 cm³/mol. The molecule has 4 nitrogen and oxygen atoms in total. The lowest BCUT2D eigenvalue weighted by Crippen LogP contribution is -2.18. The molecule has 0 heterocycles. The van der Waals surface area contributed by atoms with Gasteiger partial charge in [-0.3, -0.25) is 4.79 Å². The Hall–Kier alpha value is -1.07. The molecule has 106 valence electrons.